The number of fused-ring (bicyclic) bond motifs is 1. The number of hydrogen-bond donors (Lipinski definition) is 1. The van der Waals surface area contributed by atoms with E-state index in [1.54, 1.807) is 6.20 Å². The molecule has 0 aromatic carbocycles. The second kappa shape index (κ2) is 6.09. The molecule has 0 aliphatic heterocycles. The van der Waals surface area contributed by atoms with Gasteiger partial charge in [0.2, 0.25) is 0 Å². The third kappa shape index (κ3) is 3.39. The van der Waals surface area contributed by atoms with Crippen LogP contribution in [0.2, 0.25) is 0 Å². The fourth-order valence-corrected chi connectivity index (χ4v) is 4.41. The maximum absolute atomic E-state index is 6.31. The zero-order valence-electron chi connectivity index (χ0n) is 13.7. The third-order valence-corrected chi connectivity index (χ3v) is 5.86. The van der Waals surface area contributed by atoms with Gasteiger partial charge in [0.25, 0.3) is 0 Å². The quantitative estimate of drug-likeness (QED) is 0.933. The van der Waals surface area contributed by atoms with E-state index in [4.69, 9.17) is 10.7 Å². The molecule has 0 bridgehead atoms. The van der Waals surface area contributed by atoms with Crippen LogP contribution in [-0.2, 0) is 19.3 Å². The zero-order chi connectivity index (χ0) is 15.7. The van der Waals surface area contributed by atoms with Crippen LogP contribution in [-0.4, -0.2) is 9.97 Å². The molecule has 0 spiro atoms. The first-order valence-electron chi connectivity index (χ1n) is 8.06. The molecule has 0 saturated heterocycles. The van der Waals surface area contributed by atoms with Gasteiger partial charge in [-0.05, 0) is 42.2 Å². The van der Waals surface area contributed by atoms with Crippen molar-refractivity contribution in [2.24, 2.45) is 17.1 Å². The van der Waals surface area contributed by atoms with Gasteiger partial charge in [-0.2, -0.15) is 0 Å². The lowest BCUT2D eigenvalue weighted by molar-refractivity contribution is 0.217. The lowest BCUT2D eigenvalue weighted by Gasteiger charge is -2.33. The zero-order valence-corrected chi connectivity index (χ0v) is 14.5. The SMILES string of the molecule is CC(C)(C)C1CCc2nc(CC(N)c3cccnc3)sc2C1. The summed E-state index contributed by atoms with van der Waals surface area (Å²) in [6.07, 6.45) is 8.01. The van der Waals surface area contributed by atoms with E-state index in [2.05, 4.69) is 25.8 Å². The van der Waals surface area contributed by atoms with Crippen molar-refractivity contribution in [2.75, 3.05) is 0 Å². The molecule has 2 aromatic rings. The molecule has 4 heteroatoms. The van der Waals surface area contributed by atoms with Crippen molar-refractivity contribution in [2.45, 2.75) is 52.5 Å². The molecular weight excluding hydrogens is 290 g/mol. The Bertz CT molecular complexity index is 628. The number of aromatic nitrogens is 2. The van der Waals surface area contributed by atoms with E-state index in [0.717, 1.165) is 24.3 Å². The number of hydrogen-bond acceptors (Lipinski definition) is 4. The Morgan fingerprint density at radius 1 is 1.41 bits per heavy atom. The van der Waals surface area contributed by atoms with Crippen molar-refractivity contribution >= 4 is 11.3 Å². The molecule has 3 rings (SSSR count). The van der Waals surface area contributed by atoms with Crippen molar-refractivity contribution in [1.82, 2.24) is 9.97 Å². The predicted octanol–water partition coefficient (Wildman–Crippen LogP) is 3.93. The Kier molecular flexibility index (Phi) is 4.33. The highest BCUT2D eigenvalue weighted by Gasteiger charge is 2.30. The number of rotatable bonds is 3. The molecule has 2 N–H and O–H groups in total. The summed E-state index contributed by atoms with van der Waals surface area (Å²) in [5.41, 5.74) is 9.10. The molecule has 0 fully saturated rings. The number of thiazole rings is 1. The minimum Gasteiger partial charge on any atom is -0.324 e. The minimum atomic E-state index is -0.0142. The summed E-state index contributed by atoms with van der Waals surface area (Å²) < 4.78 is 0. The molecule has 2 unspecified atom stereocenters. The van der Waals surface area contributed by atoms with Crippen molar-refractivity contribution in [1.29, 1.82) is 0 Å². The number of pyridine rings is 1. The van der Waals surface area contributed by atoms with Crippen molar-refractivity contribution in [3.63, 3.8) is 0 Å². The number of nitrogens with zero attached hydrogens (tertiary/aromatic N) is 2. The summed E-state index contributed by atoms with van der Waals surface area (Å²) in [7, 11) is 0. The van der Waals surface area contributed by atoms with Crippen molar-refractivity contribution in [3.05, 3.63) is 45.7 Å². The van der Waals surface area contributed by atoms with Gasteiger partial charge in [0, 0.05) is 29.7 Å². The highest BCUT2D eigenvalue weighted by molar-refractivity contribution is 7.11. The summed E-state index contributed by atoms with van der Waals surface area (Å²) in [6, 6.07) is 3.97. The van der Waals surface area contributed by atoms with E-state index in [1.807, 2.05) is 29.7 Å². The van der Waals surface area contributed by atoms with Gasteiger partial charge in [-0.25, -0.2) is 4.98 Å². The van der Waals surface area contributed by atoms with Gasteiger partial charge in [0.1, 0.15) is 0 Å². The fourth-order valence-electron chi connectivity index (χ4n) is 3.16. The van der Waals surface area contributed by atoms with Gasteiger partial charge in [-0.1, -0.05) is 26.8 Å². The molecule has 1 aliphatic carbocycles. The van der Waals surface area contributed by atoms with Crippen LogP contribution in [0.3, 0.4) is 0 Å². The second-order valence-electron chi connectivity index (χ2n) is 7.38. The van der Waals surface area contributed by atoms with Crippen molar-refractivity contribution < 1.29 is 0 Å². The Labute approximate surface area is 137 Å². The van der Waals surface area contributed by atoms with Gasteiger partial charge in [-0.3, -0.25) is 4.98 Å². The van der Waals surface area contributed by atoms with E-state index >= 15 is 0 Å². The molecule has 118 valence electrons. The first-order chi connectivity index (χ1) is 10.4. The lowest BCUT2D eigenvalue weighted by atomic mass is 9.73. The van der Waals surface area contributed by atoms with E-state index in [0.29, 0.717) is 5.41 Å². The van der Waals surface area contributed by atoms with Crippen LogP contribution in [0.1, 0.15) is 54.4 Å². The highest BCUT2D eigenvalue weighted by atomic mass is 32.1. The van der Waals surface area contributed by atoms with Gasteiger partial charge < -0.3 is 5.73 Å². The largest absolute Gasteiger partial charge is 0.324 e. The average molecular weight is 315 g/mol. The summed E-state index contributed by atoms with van der Waals surface area (Å²) in [5, 5.41) is 1.18. The van der Waals surface area contributed by atoms with Gasteiger partial charge in [0.15, 0.2) is 0 Å². The maximum atomic E-state index is 6.31. The smallest absolute Gasteiger partial charge is 0.0950 e. The molecule has 0 amide bonds. The first kappa shape index (κ1) is 15.6. The highest BCUT2D eigenvalue weighted by Crippen LogP contribution is 2.39. The Balaban J connectivity index is 1.72. The molecule has 2 aromatic heterocycles. The summed E-state index contributed by atoms with van der Waals surface area (Å²) >= 11 is 1.87. The summed E-state index contributed by atoms with van der Waals surface area (Å²) in [4.78, 5) is 10.5. The molecule has 2 heterocycles. The first-order valence-corrected chi connectivity index (χ1v) is 8.88. The summed E-state index contributed by atoms with van der Waals surface area (Å²) in [5.74, 6) is 0.764. The van der Waals surface area contributed by atoms with Crippen LogP contribution < -0.4 is 5.73 Å². The Hall–Kier alpha value is -1.26. The molecular formula is C18H25N3S. The molecule has 22 heavy (non-hydrogen) atoms. The van der Waals surface area contributed by atoms with Gasteiger partial charge >= 0.3 is 0 Å². The van der Waals surface area contributed by atoms with Crippen LogP contribution in [0.5, 0.6) is 0 Å². The van der Waals surface area contributed by atoms with Crippen LogP contribution in [0.25, 0.3) is 0 Å². The van der Waals surface area contributed by atoms with Crippen molar-refractivity contribution in [3.8, 4) is 0 Å². The standard InChI is InChI=1S/C18H25N3S/c1-18(2,3)13-6-7-15-16(9-13)22-17(21-15)10-14(19)12-5-4-8-20-11-12/h4-5,8,11,13-14H,6-7,9-10,19H2,1-3H3. The van der Waals surface area contributed by atoms with E-state index in [9.17, 15) is 0 Å². The van der Waals surface area contributed by atoms with Crippen LogP contribution in [0.15, 0.2) is 24.5 Å². The molecule has 0 radical (unpaired) electrons. The predicted molar refractivity (Wildman–Crippen MR) is 92.0 cm³/mol. The third-order valence-electron chi connectivity index (χ3n) is 4.72. The lowest BCUT2D eigenvalue weighted by Crippen LogP contribution is -2.26. The molecule has 1 aliphatic rings. The Morgan fingerprint density at radius 3 is 2.91 bits per heavy atom. The fraction of sp³-hybridized carbons (Fsp3) is 0.556. The normalized spacial score (nSPS) is 19.7. The number of aryl methyl sites for hydroxylation is 1. The second-order valence-corrected chi connectivity index (χ2v) is 8.55. The van der Waals surface area contributed by atoms with E-state index < -0.39 is 0 Å². The van der Waals surface area contributed by atoms with Crippen LogP contribution in [0, 0.1) is 11.3 Å². The minimum absolute atomic E-state index is 0.0142. The Morgan fingerprint density at radius 2 is 2.23 bits per heavy atom. The number of nitrogens with two attached hydrogens (primary N) is 1. The molecule has 0 saturated carbocycles. The molecule has 3 nitrogen and oxygen atoms in total. The maximum Gasteiger partial charge on any atom is 0.0950 e. The van der Waals surface area contributed by atoms with Crippen LogP contribution >= 0.6 is 11.3 Å². The van der Waals surface area contributed by atoms with Gasteiger partial charge in [-0.15, -0.1) is 11.3 Å². The van der Waals surface area contributed by atoms with E-state index in [1.165, 1.54) is 28.4 Å². The average Bonchev–Trinajstić information content (AvgIpc) is 2.88. The summed E-state index contributed by atoms with van der Waals surface area (Å²) in [6.45, 7) is 7.05. The topological polar surface area (TPSA) is 51.8 Å². The van der Waals surface area contributed by atoms with E-state index in [-0.39, 0.29) is 6.04 Å². The van der Waals surface area contributed by atoms with Crippen LogP contribution in [0.4, 0.5) is 0 Å². The van der Waals surface area contributed by atoms with Gasteiger partial charge in [0.05, 0.1) is 10.7 Å². The molecule has 2 atom stereocenters. The monoisotopic (exact) mass is 315 g/mol.